The highest BCUT2D eigenvalue weighted by molar-refractivity contribution is 6.35. The standard InChI is InChI=1S/C25H23Cl3N4O2/c1-3-4-5-16-6-9-18(10-7-16)32-30-22-13-19(27)21(14-23(22)31-32)29-25(33)15(2)34-24-11-8-17(26)12-20(24)28/h6-15H,3-5H2,1-2H3,(H,29,33). The Bertz CT molecular complexity index is 1320. The summed E-state index contributed by atoms with van der Waals surface area (Å²) in [7, 11) is 0. The Hall–Kier alpha value is -2.80. The number of carbonyl (C=O) groups excluding carboxylic acids is 1. The quantitative estimate of drug-likeness (QED) is 0.270. The van der Waals surface area contributed by atoms with Gasteiger partial charge in [-0.2, -0.15) is 4.80 Å². The van der Waals surface area contributed by atoms with Crippen molar-refractivity contribution in [2.24, 2.45) is 0 Å². The Morgan fingerprint density at radius 1 is 1.00 bits per heavy atom. The molecule has 1 N–H and O–H groups in total. The number of fused-ring (bicyclic) bond motifs is 1. The van der Waals surface area contributed by atoms with Crippen LogP contribution in [0.1, 0.15) is 32.3 Å². The SMILES string of the molecule is CCCCc1ccc(-n2nc3cc(Cl)c(NC(=O)C(C)Oc4ccc(Cl)cc4Cl)cc3n2)cc1. The van der Waals surface area contributed by atoms with Gasteiger partial charge < -0.3 is 10.1 Å². The van der Waals surface area contributed by atoms with Gasteiger partial charge in [-0.1, -0.05) is 60.3 Å². The number of benzene rings is 3. The number of ether oxygens (including phenoxy) is 1. The average Bonchev–Trinajstić information content (AvgIpc) is 3.22. The monoisotopic (exact) mass is 516 g/mol. The third-order valence-electron chi connectivity index (χ3n) is 5.28. The zero-order chi connectivity index (χ0) is 24.2. The molecule has 1 heterocycles. The van der Waals surface area contributed by atoms with Gasteiger partial charge in [0.1, 0.15) is 16.8 Å². The summed E-state index contributed by atoms with van der Waals surface area (Å²) in [6.07, 6.45) is 2.54. The Morgan fingerprint density at radius 2 is 1.71 bits per heavy atom. The maximum atomic E-state index is 12.7. The summed E-state index contributed by atoms with van der Waals surface area (Å²) < 4.78 is 5.68. The van der Waals surface area contributed by atoms with Gasteiger partial charge in [0.15, 0.2) is 6.10 Å². The van der Waals surface area contributed by atoms with Crippen molar-refractivity contribution in [2.45, 2.75) is 39.2 Å². The first kappa shape index (κ1) is 24.3. The van der Waals surface area contributed by atoms with E-state index >= 15 is 0 Å². The van der Waals surface area contributed by atoms with Crippen LogP contribution < -0.4 is 10.1 Å². The van der Waals surface area contributed by atoms with Crippen LogP contribution >= 0.6 is 34.8 Å². The fourth-order valence-corrected chi connectivity index (χ4v) is 4.03. The summed E-state index contributed by atoms with van der Waals surface area (Å²) in [5.74, 6) is -0.0266. The maximum Gasteiger partial charge on any atom is 0.265 e. The van der Waals surface area contributed by atoms with Crippen LogP contribution in [0.15, 0.2) is 54.6 Å². The van der Waals surface area contributed by atoms with Gasteiger partial charge >= 0.3 is 0 Å². The number of rotatable bonds is 8. The van der Waals surface area contributed by atoms with Crippen molar-refractivity contribution in [2.75, 3.05) is 5.32 Å². The molecule has 9 heteroatoms. The van der Waals surface area contributed by atoms with Crippen molar-refractivity contribution in [3.63, 3.8) is 0 Å². The molecule has 6 nitrogen and oxygen atoms in total. The first-order valence-corrected chi connectivity index (χ1v) is 12.1. The van der Waals surface area contributed by atoms with E-state index in [1.54, 1.807) is 42.1 Å². The van der Waals surface area contributed by atoms with Crippen LogP contribution in [0.4, 0.5) is 5.69 Å². The van der Waals surface area contributed by atoms with Crippen molar-refractivity contribution in [3.8, 4) is 11.4 Å². The number of aryl methyl sites for hydroxylation is 1. The lowest BCUT2D eigenvalue weighted by Crippen LogP contribution is -2.30. The summed E-state index contributed by atoms with van der Waals surface area (Å²) in [5.41, 5.74) is 3.77. The molecule has 1 amide bonds. The predicted molar refractivity (Wildman–Crippen MR) is 138 cm³/mol. The number of halogens is 3. The van der Waals surface area contributed by atoms with E-state index in [0.717, 1.165) is 24.9 Å². The van der Waals surface area contributed by atoms with Crippen LogP contribution in [0.2, 0.25) is 15.1 Å². The lowest BCUT2D eigenvalue weighted by atomic mass is 10.1. The number of hydrogen-bond donors (Lipinski definition) is 1. The summed E-state index contributed by atoms with van der Waals surface area (Å²) >= 11 is 18.5. The molecule has 0 spiro atoms. The zero-order valence-electron chi connectivity index (χ0n) is 18.7. The van der Waals surface area contributed by atoms with Gasteiger partial charge in [-0.05, 0) is 67.8 Å². The van der Waals surface area contributed by atoms with Gasteiger partial charge in [-0.15, -0.1) is 10.2 Å². The third-order valence-corrected chi connectivity index (χ3v) is 6.12. The number of hydrogen-bond acceptors (Lipinski definition) is 4. The van der Waals surface area contributed by atoms with Crippen LogP contribution in [0.25, 0.3) is 16.7 Å². The average molecular weight is 518 g/mol. The lowest BCUT2D eigenvalue weighted by molar-refractivity contribution is -0.122. The first-order chi connectivity index (χ1) is 16.3. The smallest absolute Gasteiger partial charge is 0.265 e. The number of nitrogens with one attached hydrogen (secondary N) is 1. The summed E-state index contributed by atoms with van der Waals surface area (Å²) in [6, 6.07) is 16.3. The van der Waals surface area contributed by atoms with Gasteiger partial charge in [-0.25, -0.2) is 0 Å². The number of anilines is 1. The van der Waals surface area contributed by atoms with Gasteiger partial charge in [0.2, 0.25) is 0 Å². The van der Waals surface area contributed by atoms with E-state index < -0.39 is 6.10 Å². The topological polar surface area (TPSA) is 69.0 Å². The number of unbranched alkanes of at least 4 members (excludes halogenated alkanes) is 1. The van der Waals surface area contributed by atoms with Crippen molar-refractivity contribution in [1.29, 1.82) is 0 Å². The minimum absolute atomic E-state index is 0.321. The number of aromatic nitrogens is 3. The zero-order valence-corrected chi connectivity index (χ0v) is 21.0. The van der Waals surface area contributed by atoms with Gasteiger partial charge in [0, 0.05) is 5.02 Å². The molecule has 0 aliphatic carbocycles. The molecular weight excluding hydrogens is 495 g/mol. The first-order valence-electron chi connectivity index (χ1n) is 10.9. The molecule has 1 aromatic heterocycles. The second-order valence-electron chi connectivity index (χ2n) is 7.90. The molecule has 0 saturated heterocycles. The van der Waals surface area contributed by atoms with E-state index in [9.17, 15) is 4.79 Å². The number of nitrogens with zero attached hydrogens (tertiary/aromatic N) is 3. The Labute approximate surface area is 212 Å². The predicted octanol–water partition coefficient (Wildman–Crippen LogP) is 7.13. The van der Waals surface area contributed by atoms with Gasteiger partial charge in [-0.3, -0.25) is 4.79 Å². The Morgan fingerprint density at radius 3 is 2.38 bits per heavy atom. The van der Waals surface area contributed by atoms with E-state index in [1.807, 2.05) is 12.1 Å². The summed E-state index contributed by atoms with van der Waals surface area (Å²) in [4.78, 5) is 14.3. The minimum atomic E-state index is -0.827. The van der Waals surface area contributed by atoms with Crippen molar-refractivity contribution < 1.29 is 9.53 Å². The third kappa shape index (κ3) is 5.63. The van der Waals surface area contributed by atoms with Crippen LogP contribution in [-0.2, 0) is 11.2 Å². The molecule has 0 saturated carbocycles. The highest BCUT2D eigenvalue weighted by Crippen LogP contribution is 2.30. The maximum absolute atomic E-state index is 12.7. The van der Waals surface area contributed by atoms with E-state index in [2.05, 4.69) is 34.6 Å². The minimum Gasteiger partial charge on any atom is -0.479 e. The van der Waals surface area contributed by atoms with Crippen LogP contribution in [0.5, 0.6) is 5.75 Å². The summed E-state index contributed by atoms with van der Waals surface area (Å²) in [6.45, 7) is 3.80. The van der Waals surface area contributed by atoms with Crippen LogP contribution in [0.3, 0.4) is 0 Å². The molecule has 3 aromatic carbocycles. The van der Waals surface area contributed by atoms with Crippen molar-refractivity contribution >= 4 is 57.4 Å². The molecule has 1 unspecified atom stereocenters. The molecule has 0 aliphatic rings. The molecule has 0 aliphatic heterocycles. The van der Waals surface area contributed by atoms with Crippen molar-refractivity contribution in [3.05, 3.63) is 75.2 Å². The second kappa shape index (κ2) is 10.6. The summed E-state index contributed by atoms with van der Waals surface area (Å²) in [5, 5.41) is 13.0. The van der Waals surface area contributed by atoms with Gasteiger partial charge in [0.25, 0.3) is 5.91 Å². The van der Waals surface area contributed by atoms with E-state index in [4.69, 9.17) is 39.5 Å². The van der Waals surface area contributed by atoms with E-state index in [0.29, 0.717) is 37.5 Å². The Kier molecular flexibility index (Phi) is 7.61. The molecule has 34 heavy (non-hydrogen) atoms. The van der Waals surface area contributed by atoms with Crippen LogP contribution in [0, 0.1) is 0 Å². The van der Waals surface area contributed by atoms with Crippen LogP contribution in [-0.4, -0.2) is 27.0 Å². The highest BCUT2D eigenvalue weighted by Gasteiger charge is 2.19. The highest BCUT2D eigenvalue weighted by atomic mass is 35.5. The molecule has 0 fully saturated rings. The fourth-order valence-electron chi connectivity index (χ4n) is 3.38. The molecule has 176 valence electrons. The normalized spacial score (nSPS) is 12.0. The van der Waals surface area contributed by atoms with Gasteiger partial charge in [0.05, 0.1) is 21.4 Å². The second-order valence-corrected chi connectivity index (χ2v) is 9.16. The molecule has 4 rings (SSSR count). The number of carbonyl (C=O) groups is 1. The van der Waals surface area contributed by atoms with E-state index in [1.165, 1.54) is 5.56 Å². The number of amides is 1. The molecule has 0 bridgehead atoms. The molecular formula is C25H23Cl3N4O2. The van der Waals surface area contributed by atoms with E-state index in [-0.39, 0.29) is 5.91 Å². The van der Waals surface area contributed by atoms with Crippen molar-refractivity contribution in [1.82, 2.24) is 15.0 Å². The lowest BCUT2D eigenvalue weighted by Gasteiger charge is -2.16. The molecule has 0 radical (unpaired) electrons. The fraction of sp³-hybridized carbons (Fsp3) is 0.240. The Balaban J connectivity index is 1.49. The largest absolute Gasteiger partial charge is 0.479 e. The molecule has 4 aromatic rings. The molecule has 1 atom stereocenters.